The van der Waals surface area contributed by atoms with Crippen LogP contribution in [0.3, 0.4) is 0 Å². The van der Waals surface area contributed by atoms with Crippen LogP contribution in [0.4, 0.5) is 5.82 Å². The molecule has 0 unspecified atom stereocenters. The van der Waals surface area contributed by atoms with Crippen LogP contribution in [0.15, 0.2) is 18.3 Å². The number of pyridine rings is 1. The SMILES string of the molecule is CN(C)c1ccc([C@@H]2O[C@H](CO[Si](C)(C)C(C)(C)C)[C@@H](O[Si](C)(C)C(C)(C)C)[C@H]2O[Si](C)(C)C(C)(C)C)cn1. The maximum Gasteiger partial charge on any atom is 0.192 e. The lowest BCUT2D eigenvalue weighted by molar-refractivity contribution is -0.0173. The molecule has 9 heteroatoms. The molecule has 39 heavy (non-hydrogen) atoms. The normalized spacial score (nSPS) is 23.8. The molecule has 2 heterocycles. The lowest BCUT2D eigenvalue weighted by Crippen LogP contribution is -2.54. The minimum atomic E-state index is -2.16. The van der Waals surface area contributed by atoms with Crippen molar-refractivity contribution >= 4 is 30.8 Å². The van der Waals surface area contributed by atoms with Crippen LogP contribution < -0.4 is 4.90 Å². The molecule has 0 aliphatic carbocycles. The summed E-state index contributed by atoms with van der Waals surface area (Å²) in [6, 6.07) is 4.20. The molecule has 1 fully saturated rings. The molecule has 1 aromatic rings. The van der Waals surface area contributed by atoms with E-state index >= 15 is 0 Å². The molecule has 0 amide bonds. The van der Waals surface area contributed by atoms with Gasteiger partial charge in [0.1, 0.15) is 30.2 Å². The number of nitrogens with zero attached hydrogens (tertiary/aromatic N) is 2. The Morgan fingerprint density at radius 1 is 0.744 bits per heavy atom. The Bertz CT molecular complexity index is 945. The summed E-state index contributed by atoms with van der Waals surface area (Å²) in [5.41, 5.74) is 1.03. The highest BCUT2D eigenvalue weighted by Gasteiger charge is 2.54. The number of rotatable bonds is 9. The fraction of sp³-hybridized carbons (Fsp3) is 0.833. The monoisotopic (exact) mass is 596 g/mol. The van der Waals surface area contributed by atoms with Gasteiger partial charge in [0, 0.05) is 25.9 Å². The van der Waals surface area contributed by atoms with Crippen LogP contribution >= 0.6 is 0 Å². The smallest absolute Gasteiger partial charge is 0.192 e. The van der Waals surface area contributed by atoms with Gasteiger partial charge in [0.05, 0.1) is 6.61 Å². The van der Waals surface area contributed by atoms with E-state index in [-0.39, 0.29) is 39.5 Å². The van der Waals surface area contributed by atoms with Crippen molar-refractivity contribution < 1.29 is 18.0 Å². The third-order valence-corrected chi connectivity index (χ3v) is 23.2. The zero-order valence-electron chi connectivity index (χ0n) is 28.3. The van der Waals surface area contributed by atoms with Gasteiger partial charge < -0.3 is 22.9 Å². The van der Waals surface area contributed by atoms with Gasteiger partial charge in [-0.05, 0) is 60.5 Å². The summed E-state index contributed by atoms with van der Waals surface area (Å²) in [5, 5.41) is 0.234. The number of ether oxygens (including phenoxy) is 1. The number of hydrogen-bond acceptors (Lipinski definition) is 6. The highest BCUT2D eigenvalue weighted by Crippen LogP contribution is 2.47. The Kier molecular flexibility index (Phi) is 10.3. The molecule has 1 aromatic heterocycles. The topological polar surface area (TPSA) is 53.1 Å². The van der Waals surface area contributed by atoms with Gasteiger partial charge in [-0.25, -0.2) is 4.98 Å². The first-order chi connectivity index (χ1) is 17.3. The molecule has 1 saturated heterocycles. The minimum absolute atomic E-state index is 0.0574. The van der Waals surface area contributed by atoms with Crippen LogP contribution in [0.5, 0.6) is 0 Å². The van der Waals surface area contributed by atoms with Crippen LogP contribution in [0.2, 0.25) is 54.4 Å². The van der Waals surface area contributed by atoms with Gasteiger partial charge in [0.25, 0.3) is 0 Å². The summed E-state index contributed by atoms with van der Waals surface area (Å²) in [6.45, 7) is 35.0. The van der Waals surface area contributed by atoms with Gasteiger partial charge in [-0.3, -0.25) is 0 Å². The van der Waals surface area contributed by atoms with Crippen molar-refractivity contribution in [2.75, 3.05) is 25.6 Å². The number of aromatic nitrogens is 1. The zero-order valence-corrected chi connectivity index (χ0v) is 31.3. The van der Waals surface area contributed by atoms with Crippen molar-refractivity contribution in [3.63, 3.8) is 0 Å². The third-order valence-electron chi connectivity index (χ3n) is 9.76. The predicted octanol–water partition coefficient (Wildman–Crippen LogP) is 8.39. The number of hydrogen-bond donors (Lipinski definition) is 0. The maximum absolute atomic E-state index is 7.24. The van der Waals surface area contributed by atoms with Crippen molar-refractivity contribution in [2.24, 2.45) is 0 Å². The highest BCUT2D eigenvalue weighted by atomic mass is 28.4. The van der Waals surface area contributed by atoms with Crippen molar-refractivity contribution in [1.29, 1.82) is 0 Å². The Labute approximate surface area is 243 Å². The van der Waals surface area contributed by atoms with E-state index in [0.29, 0.717) is 6.61 Å². The van der Waals surface area contributed by atoms with E-state index in [1.807, 2.05) is 25.2 Å². The third kappa shape index (κ3) is 8.05. The zero-order chi connectivity index (χ0) is 30.4. The van der Waals surface area contributed by atoms with E-state index in [1.54, 1.807) is 0 Å². The van der Waals surface area contributed by atoms with E-state index in [4.69, 9.17) is 23.0 Å². The molecule has 0 radical (unpaired) electrons. The minimum Gasteiger partial charge on any atom is -0.414 e. The van der Waals surface area contributed by atoms with Crippen LogP contribution in [0, 0.1) is 0 Å². The summed E-state index contributed by atoms with van der Waals surface area (Å²) in [5.74, 6) is 0.922. The van der Waals surface area contributed by atoms with Gasteiger partial charge in [0.2, 0.25) is 0 Å². The number of anilines is 1. The van der Waals surface area contributed by atoms with E-state index in [2.05, 4.69) is 114 Å². The first-order valence-corrected chi connectivity index (χ1v) is 23.3. The molecule has 4 atom stereocenters. The molecule has 0 aromatic carbocycles. The Balaban J connectivity index is 2.60. The lowest BCUT2D eigenvalue weighted by Gasteiger charge is -2.44. The van der Waals surface area contributed by atoms with Gasteiger partial charge >= 0.3 is 0 Å². The van der Waals surface area contributed by atoms with Gasteiger partial charge in [-0.15, -0.1) is 0 Å². The maximum atomic E-state index is 7.24. The van der Waals surface area contributed by atoms with E-state index in [9.17, 15) is 0 Å². The molecule has 6 nitrogen and oxygen atoms in total. The largest absolute Gasteiger partial charge is 0.414 e. The summed E-state index contributed by atoms with van der Waals surface area (Å²) in [4.78, 5) is 6.75. The predicted molar refractivity (Wildman–Crippen MR) is 173 cm³/mol. The van der Waals surface area contributed by atoms with Crippen LogP contribution in [0.1, 0.15) is 74.0 Å². The molecular formula is C30H60N2O4Si3. The molecule has 1 aliphatic rings. The van der Waals surface area contributed by atoms with Crippen molar-refractivity contribution in [3.8, 4) is 0 Å². The van der Waals surface area contributed by atoms with Gasteiger partial charge in [-0.1, -0.05) is 68.4 Å². The van der Waals surface area contributed by atoms with Crippen molar-refractivity contribution in [3.05, 3.63) is 23.9 Å². The second kappa shape index (κ2) is 11.6. The standard InChI is InChI=1S/C30H60N2O4Si3/c1-28(2,3)37(12,13)33-21-23-26(35-38(14,15)29(4,5)6)27(36-39(16,17)30(7,8)9)25(34-23)22-18-19-24(31-20-22)32(10)11/h18-20,23,25-27H,21H2,1-17H3/t23-,25+,26-,27+/m1/s1. The lowest BCUT2D eigenvalue weighted by atomic mass is 10.0. The van der Waals surface area contributed by atoms with Crippen LogP contribution in [-0.4, -0.2) is 69.0 Å². The molecule has 0 saturated carbocycles. The molecule has 226 valence electrons. The molecule has 1 aliphatic heterocycles. The summed E-state index contributed by atoms with van der Waals surface area (Å²) >= 11 is 0. The quantitative estimate of drug-likeness (QED) is 0.267. The van der Waals surface area contributed by atoms with Crippen LogP contribution in [-0.2, 0) is 18.0 Å². The summed E-state index contributed by atoms with van der Waals surface area (Å²) in [6.07, 6.45) is 0.998. The summed E-state index contributed by atoms with van der Waals surface area (Å²) < 4.78 is 28.2. The van der Waals surface area contributed by atoms with Crippen LogP contribution in [0.25, 0.3) is 0 Å². The van der Waals surface area contributed by atoms with Crippen molar-refractivity contribution in [2.45, 2.75) is 141 Å². The highest BCUT2D eigenvalue weighted by molar-refractivity contribution is 6.75. The van der Waals surface area contributed by atoms with E-state index in [0.717, 1.165) is 11.4 Å². The fourth-order valence-electron chi connectivity index (χ4n) is 3.77. The Morgan fingerprint density at radius 2 is 1.21 bits per heavy atom. The second-order valence-corrected chi connectivity index (χ2v) is 30.5. The molecule has 0 N–H and O–H groups in total. The molecule has 2 rings (SSSR count). The Morgan fingerprint density at radius 3 is 1.59 bits per heavy atom. The second-order valence-electron chi connectivity index (χ2n) is 16.2. The van der Waals surface area contributed by atoms with E-state index < -0.39 is 25.0 Å². The molecular weight excluding hydrogens is 537 g/mol. The first kappa shape index (κ1) is 34.6. The average molecular weight is 597 g/mol. The molecule has 0 bridgehead atoms. The van der Waals surface area contributed by atoms with E-state index in [1.165, 1.54) is 0 Å². The average Bonchev–Trinajstić information content (AvgIpc) is 3.06. The van der Waals surface area contributed by atoms with Crippen molar-refractivity contribution in [1.82, 2.24) is 4.98 Å². The molecule has 0 spiro atoms. The van der Waals surface area contributed by atoms with Gasteiger partial charge in [-0.2, -0.15) is 0 Å². The fourth-order valence-corrected chi connectivity index (χ4v) is 7.40. The first-order valence-electron chi connectivity index (χ1n) is 14.6. The summed E-state index contributed by atoms with van der Waals surface area (Å²) in [7, 11) is -2.29. The Hall–Kier alpha value is -0.559. The van der Waals surface area contributed by atoms with Gasteiger partial charge in [0.15, 0.2) is 25.0 Å².